The number of carbonyl (C=O) groups is 1. The third-order valence-corrected chi connectivity index (χ3v) is 3.00. The van der Waals surface area contributed by atoms with E-state index in [4.69, 9.17) is 23.2 Å². The quantitative estimate of drug-likeness (QED) is 0.528. The molecule has 0 spiro atoms. The number of aromatic nitrogens is 1. The van der Waals surface area contributed by atoms with Gasteiger partial charge in [0.1, 0.15) is 5.15 Å². The minimum atomic E-state index is -0.936. The molecule has 1 aromatic carbocycles. The lowest BCUT2D eigenvalue weighted by atomic mass is 10.2. The molecule has 1 aromatic heterocycles. The monoisotopic (exact) mass is 329 g/mol. The average Bonchev–Trinajstić information content (AvgIpc) is 2.43. The molecule has 0 atom stereocenters. The number of pyridine rings is 1. The maximum Gasteiger partial charge on any atom is 0.295 e. The van der Waals surface area contributed by atoms with Crippen molar-refractivity contribution in [3.8, 4) is 0 Å². The molecule has 6 nitrogen and oxygen atoms in total. The molecule has 108 valence electrons. The Morgan fingerprint density at radius 3 is 2.76 bits per heavy atom. The zero-order valence-corrected chi connectivity index (χ0v) is 11.7. The summed E-state index contributed by atoms with van der Waals surface area (Å²) >= 11 is 11.4. The maximum atomic E-state index is 13.7. The molecule has 21 heavy (non-hydrogen) atoms. The van der Waals surface area contributed by atoms with Crippen molar-refractivity contribution in [1.82, 2.24) is 4.98 Å². The van der Waals surface area contributed by atoms with Crippen LogP contribution in [0, 0.1) is 15.9 Å². The first kappa shape index (κ1) is 15.1. The first-order valence-electron chi connectivity index (χ1n) is 5.45. The standard InChI is InChI=1S/C12H6Cl2FN3O3/c13-7-5-16-10(14)4-6(7)12(19)17-11-8(15)2-1-3-9(11)18(20)21/h1-5H,(H,17,19). The van der Waals surface area contributed by atoms with Crippen LogP contribution in [0.25, 0.3) is 0 Å². The Morgan fingerprint density at radius 2 is 2.10 bits per heavy atom. The van der Waals surface area contributed by atoms with Crippen LogP contribution < -0.4 is 5.32 Å². The van der Waals surface area contributed by atoms with Gasteiger partial charge >= 0.3 is 0 Å². The smallest absolute Gasteiger partial charge is 0.295 e. The van der Waals surface area contributed by atoms with Crippen LogP contribution in [0.5, 0.6) is 0 Å². The van der Waals surface area contributed by atoms with Gasteiger partial charge in [0.2, 0.25) is 0 Å². The van der Waals surface area contributed by atoms with Crippen LogP contribution in [0.1, 0.15) is 10.4 Å². The average molecular weight is 330 g/mol. The van der Waals surface area contributed by atoms with Gasteiger partial charge in [-0.2, -0.15) is 0 Å². The molecule has 0 fully saturated rings. The summed E-state index contributed by atoms with van der Waals surface area (Å²) in [4.78, 5) is 25.7. The second-order valence-electron chi connectivity index (χ2n) is 3.83. The van der Waals surface area contributed by atoms with Crippen molar-refractivity contribution < 1.29 is 14.1 Å². The van der Waals surface area contributed by atoms with Gasteiger partial charge in [-0.25, -0.2) is 9.37 Å². The van der Waals surface area contributed by atoms with E-state index in [1.54, 1.807) is 0 Å². The number of nitrogens with one attached hydrogen (secondary N) is 1. The Balaban J connectivity index is 2.41. The van der Waals surface area contributed by atoms with Crippen molar-refractivity contribution in [1.29, 1.82) is 0 Å². The lowest BCUT2D eigenvalue weighted by Crippen LogP contribution is -2.15. The summed E-state index contributed by atoms with van der Waals surface area (Å²) in [5.41, 5.74) is -1.19. The SMILES string of the molecule is O=C(Nc1c(F)cccc1[N+](=O)[O-])c1cc(Cl)ncc1Cl. The van der Waals surface area contributed by atoms with Gasteiger partial charge in [0, 0.05) is 12.3 Å². The minimum Gasteiger partial charge on any atom is -0.314 e. The summed E-state index contributed by atoms with van der Waals surface area (Å²) in [6.07, 6.45) is 1.15. The molecule has 1 amide bonds. The van der Waals surface area contributed by atoms with Crippen LogP contribution in [-0.2, 0) is 0 Å². The first-order valence-corrected chi connectivity index (χ1v) is 6.21. The molecule has 0 aliphatic carbocycles. The number of para-hydroxylation sites is 1. The van der Waals surface area contributed by atoms with Crippen molar-refractivity contribution in [2.75, 3.05) is 5.32 Å². The topological polar surface area (TPSA) is 85.1 Å². The second-order valence-corrected chi connectivity index (χ2v) is 4.63. The number of hydrogen-bond acceptors (Lipinski definition) is 4. The molecular weight excluding hydrogens is 324 g/mol. The largest absolute Gasteiger partial charge is 0.314 e. The number of hydrogen-bond donors (Lipinski definition) is 1. The molecule has 1 N–H and O–H groups in total. The molecule has 2 rings (SSSR count). The Kier molecular flexibility index (Phi) is 4.35. The molecule has 9 heteroatoms. The molecule has 0 saturated carbocycles. The lowest BCUT2D eigenvalue weighted by Gasteiger charge is -2.08. The third-order valence-electron chi connectivity index (χ3n) is 2.49. The Hall–Kier alpha value is -2.25. The zero-order chi connectivity index (χ0) is 15.6. The summed E-state index contributed by atoms with van der Waals surface area (Å²) in [6, 6.07) is 4.40. The van der Waals surface area contributed by atoms with Gasteiger partial charge in [0.15, 0.2) is 11.5 Å². The van der Waals surface area contributed by atoms with E-state index in [-0.39, 0.29) is 15.7 Å². The van der Waals surface area contributed by atoms with E-state index in [0.717, 1.165) is 18.3 Å². The minimum absolute atomic E-state index is 0.00702. The fraction of sp³-hybridized carbons (Fsp3) is 0. The highest BCUT2D eigenvalue weighted by Crippen LogP contribution is 2.28. The third kappa shape index (κ3) is 3.26. The highest BCUT2D eigenvalue weighted by molar-refractivity contribution is 6.35. The predicted octanol–water partition coefficient (Wildman–Crippen LogP) is 3.69. The van der Waals surface area contributed by atoms with Gasteiger partial charge in [-0.15, -0.1) is 0 Å². The van der Waals surface area contributed by atoms with Gasteiger partial charge in [-0.1, -0.05) is 29.3 Å². The van der Waals surface area contributed by atoms with Gasteiger partial charge in [-0.3, -0.25) is 14.9 Å². The molecule has 0 bridgehead atoms. The van der Waals surface area contributed by atoms with Crippen molar-refractivity contribution >= 4 is 40.5 Å². The molecule has 0 radical (unpaired) electrons. The highest BCUT2D eigenvalue weighted by Gasteiger charge is 2.21. The number of halogens is 3. The number of nitro benzene ring substituents is 1. The van der Waals surface area contributed by atoms with E-state index in [9.17, 15) is 19.3 Å². The summed E-state index contributed by atoms with van der Waals surface area (Å²) < 4.78 is 13.7. The number of rotatable bonds is 3. The van der Waals surface area contributed by atoms with Crippen molar-refractivity contribution in [2.45, 2.75) is 0 Å². The molecular formula is C12H6Cl2FN3O3. The fourth-order valence-electron chi connectivity index (χ4n) is 1.56. The van der Waals surface area contributed by atoms with E-state index in [1.165, 1.54) is 12.1 Å². The van der Waals surface area contributed by atoms with Gasteiger partial charge in [0.25, 0.3) is 11.6 Å². The number of anilines is 1. The highest BCUT2D eigenvalue weighted by atomic mass is 35.5. The van der Waals surface area contributed by atoms with E-state index in [0.29, 0.717) is 0 Å². The second kappa shape index (κ2) is 6.02. The molecule has 1 heterocycles. The normalized spacial score (nSPS) is 10.2. The van der Waals surface area contributed by atoms with Gasteiger partial charge < -0.3 is 5.32 Å². The summed E-state index contributed by atoms with van der Waals surface area (Å²) in [6.45, 7) is 0. The van der Waals surface area contributed by atoms with Crippen LogP contribution in [0.2, 0.25) is 10.2 Å². The Morgan fingerprint density at radius 1 is 1.38 bits per heavy atom. The lowest BCUT2D eigenvalue weighted by molar-refractivity contribution is -0.384. The van der Waals surface area contributed by atoms with Crippen LogP contribution in [0.4, 0.5) is 15.8 Å². The number of carbonyl (C=O) groups excluding carboxylic acids is 1. The maximum absolute atomic E-state index is 13.7. The number of nitro groups is 1. The summed E-state index contributed by atoms with van der Waals surface area (Å²) in [7, 11) is 0. The van der Waals surface area contributed by atoms with E-state index in [1.807, 2.05) is 0 Å². The molecule has 0 unspecified atom stereocenters. The summed E-state index contributed by atoms with van der Waals surface area (Å²) in [5.74, 6) is -1.77. The molecule has 0 aliphatic rings. The van der Waals surface area contributed by atoms with Crippen LogP contribution >= 0.6 is 23.2 Å². The van der Waals surface area contributed by atoms with Gasteiger partial charge in [0.05, 0.1) is 15.5 Å². The fourth-order valence-corrected chi connectivity index (χ4v) is 1.90. The summed E-state index contributed by atoms with van der Waals surface area (Å²) in [5, 5.41) is 13.0. The Bertz CT molecular complexity index is 740. The van der Waals surface area contributed by atoms with E-state index >= 15 is 0 Å². The first-order chi connectivity index (χ1) is 9.90. The van der Waals surface area contributed by atoms with Crippen LogP contribution in [-0.4, -0.2) is 15.8 Å². The zero-order valence-electron chi connectivity index (χ0n) is 10.1. The van der Waals surface area contributed by atoms with Crippen molar-refractivity contribution in [3.05, 3.63) is 62.1 Å². The Labute approximate surface area is 127 Å². The molecule has 0 aliphatic heterocycles. The van der Waals surface area contributed by atoms with Gasteiger partial charge in [-0.05, 0) is 12.1 Å². The number of benzene rings is 1. The molecule has 2 aromatic rings. The van der Waals surface area contributed by atoms with Crippen LogP contribution in [0.3, 0.4) is 0 Å². The number of amides is 1. The predicted molar refractivity (Wildman–Crippen MR) is 75.3 cm³/mol. The van der Waals surface area contributed by atoms with E-state index < -0.39 is 28.0 Å². The molecule has 0 saturated heterocycles. The number of nitrogens with zero attached hydrogens (tertiary/aromatic N) is 2. The van der Waals surface area contributed by atoms with Crippen LogP contribution in [0.15, 0.2) is 30.5 Å². The van der Waals surface area contributed by atoms with Crippen molar-refractivity contribution in [2.24, 2.45) is 0 Å². The van der Waals surface area contributed by atoms with Crippen molar-refractivity contribution in [3.63, 3.8) is 0 Å². The van der Waals surface area contributed by atoms with E-state index in [2.05, 4.69) is 10.3 Å².